The van der Waals surface area contributed by atoms with Crippen molar-refractivity contribution in [1.82, 2.24) is 10.2 Å². The Hall–Kier alpha value is -4.67. The molecule has 1 aliphatic heterocycles. The number of Topliss-reactive ketones (excluding diaryl/α,β-unsaturated/α-hetero) is 1. The van der Waals surface area contributed by atoms with E-state index in [2.05, 4.69) is 55.2 Å². The fourth-order valence-corrected chi connectivity index (χ4v) is 7.44. The van der Waals surface area contributed by atoms with Gasteiger partial charge in [-0.15, -0.1) is 10.2 Å². The number of aromatic nitrogens is 2. The van der Waals surface area contributed by atoms with Crippen LogP contribution in [0.1, 0.15) is 49.1 Å². The first-order chi connectivity index (χ1) is 22.1. The van der Waals surface area contributed by atoms with Crippen LogP contribution < -0.4 is 14.4 Å². The van der Waals surface area contributed by atoms with Crippen molar-refractivity contribution in [3.8, 4) is 11.5 Å². The molecule has 0 saturated carbocycles. The largest absolute Gasteiger partial charge is 0.507 e. The van der Waals surface area contributed by atoms with Crippen molar-refractivity contribution in [2.45, 2.75) is 42.3 Å². The summed E-state index contributed by atoms with van der Waals surface area (Å²) >= 11 is 2.76. The molecule has 4 aromatic carbocycles. The second-order valence-electron chi connectivity index (χ2n) is 11.9. The molecule has 234 valence electrons. The van der Waals surface area contributed by atoms with Gasteiger partial charge in [0.1, 0.15) is 5.76 Å². The Labute approximate surface area is 275 Å². The van der Waals surface area contributed by atoms with Gasteiger partial charge in [0.25, 0.3) is 5.78 Å². The zero-order valence-electron chi connectivity index (χ0n) is 26.1. The van der Waals surface area contributed by atoms with E-state index >= 15 is 0 Å². The van der Waals surface area contributed by atoms with Crippen molar-refractivity contribution in [2.75, 3.05) is 19.1 Å². The van der Waals surface area contributed by atoms with Crippen LogP contribution in [0.4, 0.5) is 5.13 Å². The molecule has 1 amide bonds. The fourth-order valence-electron chi connectivity index (χ4n) is 5.57. The number of aliphatic hydroxyl groups is 1. The number of ether oxygens (including phenoxy) is 2. The van der Waals surface area contributed by atoms with Crippen LogP contribution >= 0.6 is 23.1 Å². The first-order valence-corrected chi connectivity index (χ1v) is 16.5. The third-order valence-electron chi connectivity index (χ3n) is 8.03. The molecule has 2 heterocycles. The smallest absolute Gasteiger partial charge is 0.301 e. The highest BCUT2D eigenvalue weighted by atomic mass is 32.2. The minimum atomic E-state index is -0.925. The maximum absolute atomic E-state index is 13.7. The summed E-state index contributed by atoms with van der Waals surface area (Å²) in [6.45, 7) is 6.34. The Morgan fingerprint density at radius 3 is 2.35 bits per heavy atom. The number of benzene rings is 4. The number of hydrogen-bond donors (Lipinski definition) is 1. The average Bonchev–Trinajstić information content (AvgIpc) is 3.64. The van der Waals surface area contributed by atoms with Gasteiger partial charge in [0.05, 0.1) is 25.8 Å². The van der Waals surface area contributed by atoms with Crippen LogP contribution in [-0.4, -0.2) is 41.2 Å². The van der Waals surface area contributed by atoms with E-state index in [9.17, 15) is 14.7 Å². The lowest BCUT2D eigenvalue weighted by Gasteiger charge is -2.24. The molecule has 0 bridgehead atoms. The number of carbonyl (C=O) groups is 2. The first kappa shape index (κ1) is 31.3. The molecule has 0 spiro atoms. The van der Waals surface area contributed by atoms with Gasteiger partial charge in [0, 0.05) is 11.3 Å². The van der Waals surface area contributed by atoms with E-state index in [1.165, 1.54) is 47.6 Å². The third kappa shape index (κ3) is 5.86. The Bertz CT molecular complexity index is 1970. The molecule has 0 aliphatic carbocycles. The molecule has 8 nitrogen and oxygen atoms in total. The number of aliphatic hydroxyl groups excluding tert-OH is 1. The van der Waals surface area contributed by atoms with Crippen molar-refractivity contribution in [2.24, 2.45) is 0 Å². The van der Waals surface area contributed by atoms with E-state index < -0.39 is 17.7 Å². The highest BCUT2D eigenvalue weighted by Crippen LogP contribution is 2.45. The molecule has 1 N–H and O–H groups in total. The standard InChI is InChI=1S/C36H33N3O5S2/c1-36(2,3)25-16-13-22(14-17-25)30-29(31(40)23-15-18-27(43-4)28(19-23)44-5)32(41)33(42)39(30)34-37-38-35(46-34)45-20-24-11-8-10-21-9-6-7-12-26(21)24/h6-19,30,40H,20H2,1-5H3/b31-29+. The molecule has 6 rings (SSSR count). The second kappa shape index (κ2) is 12.6. The zero-order chi connectivity index (χ0) is 32.6. The summed E-state index contributed by atoms with van der Waals surface area (Å²) in [7, 11) is 3.00. The van der Waals surface area contributed by atoms with Gasteiger partial charge < -0.3 is 14.6 Å². The van der Waals surface area contributed by atoms with Crippen LogP contribution in [0.15, 0.2) is 94.8 Å². The highest BCUT2D eigenvalue weighted by Gasteiger charge is 2.48. The maximum atomic E-state index is 13.7. The van der Waals surface area contributed by atoms with E-state index in [0.29, 0.717) is 32.7 Å². The number of methoxy groups -OCH3 is 2. The summed E-state index contributed by atoms with van der Waals surface area (Å²) in [4.78, 5) is 28.8. The van der Waals surface area contributed by atoms with Crippen molar-refractivity contribution >= 4 is 56.5 Å². The predicted molar refractivity (Wildman–Crippen MR) is 183 cm³/mol. The van der Waals surface area contributed by atoms with Crippen molar-refractivity contribution in [3.05, 3.63) is 113 Å². The Morgan fingerprint density at radius 1 is 0.913 bits per heavy atom. The van der Waals surface area contributed by atoms with Crippen LogP contribution in [0.3, 0.4) is 0 Å². The quantitative estimate of drug-likeness (QED) is 0.0594. The number of anilines is 1. The van der Waals surface area contributed by atoms with Crippen molar-refractivity contribution in [3.63, 3.8) is 0 Å². The van der Waals surface area contributed by atoms with Gasteiger partial charge in [-0.2, -0.15) is 0 Å². The van der Waals surface area contributed by atoms with Crippen LogP contribution in [-0.2, 0) is 20.8 Å². The molecule has 1 aliphatic rings. The number of nitrogens with zero attached hydrogens (tertiary/aromatic N) is 3. The number of ketones is 1. The third-order valence-corrected chi connectivity index (χ3v) is 10.1. The van der Waals surface area contributed by atoms with Gasteiger partial charge in [-0.25, -0.2) is 0 Å². The number of hydrogen-bond acceptors (Lipinski definition) is 9. The first-order valence-electron chi connectivity index (χ1n) is 14.7. The normalized spacial score (nSPS) is 16.3. The Kier molecular flexibility index (Phi) is 8.59. The van der Waals surface area contributed by atoms with E-state index in [0.717, 1.165) is 16.5 Å². The van der Waals surface area contributed by atoms with Crippen LogP contribution in [0.25, 0.3) is 16.5 Å². The molecule has 46 heavy (non-hydrogen) atoms. The van der Waals surface area contributed by atoms with Crippen LogP contribution in [0.2, 0.25) is 0 Å². The maximum Gasteiger partial charge on any atom is 0.301 e. The topological polar surface area (TPSA) is 102 Å². The van der Waals surface area contributed by atoms with E-state index in [4.69, 9.17) is 9.47 Å². The van der Waals surface area contributed by atoms with Gasteiger partial charge in [0.2, 0.25) is 5.13 Å². The fraction of sp³-hybridized carbons (Fsp3) is 0.222. The molecule has 10 heteroatoms. The molecule has 1 atom stereocenters. The molecule has 1 fully saturated rings. The summed E-state index contributed by atoms with van der Waals surface area (Å²) in [5, 5.41) is 23.0. The molecule has 1 unspecified atom stereocenters. The van der Waals surface area contributed by atoms with Crippen molar-refractivity contribution in [1.29, 1.82) is 0 Å². The van der Waals surface area contributed by atoms with Gasteiger partial charge >= 0.3 is 5.91 Å². The van der Waals surface area contributed by atoms with Crippen molar-refractivity contribution < 1.29 is 24.2 Å². The summed E-state index contributed by atoms with van der Waals surface area (Å²) in [5.74, 6) is -0.404. The molecular weight excluding hydrogens is 619 g/mol. The zero-order valence-corrected chi connectivity index (χ0v) is 27.7. The van der Waals surface area contributed by atoms with E-state index in [1.807, 2.05) is 42.5 Å². The number of fused-ring (bicyclic) bond motifs is 1. The monoisotopic (exact) mass is 651 g/mol. The van der Waals surface area contributed by atoms with Gasteiger partial charge in [-0.05, 0) is 51.1 Å². The van der Waals surface area contributed by atoms with E-state index in [-0.39, 0.29) is 21.9 Å². The number of amides is 1. The van der Waals surface area contributed by atoms with Crippen LogP contribution in [0, 0.1) is 0 Å². The Morgan fingerprint density at radius 2 is 1.63 bits per heavy atom. The molecule has 0 radical (unpaired) electrons. The minimum Gasteiger partial charge on any atom is -0.507 e. The SMILES string of the molecule is COc1ccc(/C(O)=C2\C(=O)C(=O)N(c3nnc(SCc4cccc5ccccc45)s3)C2c2ccc(C(C)(C)C)cc2)cc1OC. The molecule has 5 aromatic rings. The highest BCUT2D eigenvalue weighted by molar-refractivity contribution is 8.00. The van der Waals surface area contributed by atoms with Gasteiger partial charge in [-0.1, -0.05) is 111 Å². The molecule has 1 aromatic heterocycles. The summed E-state index contributed by atoms with van der Waals surface area (Å²) in [6.07, 6.45) is 0. The lowest BCUT2D eigenvalue weighted by Crippen LogP contribution is -2.29. The predicted octanol–water partition coefficient (Wildman–Crippen LogP) is 7.92. The number of rotatable bonds is 8. The summed E-state index contributed by atoms with van der Waals surface area (Å²) in [6, 6.07) is 26.1. The Balaban J connectivity index is 1.40. The second-order valence-corrected chi connectivity index (χ2v) is 14.1. The summed E-state index contributed by atoms with van der Waals surface area (Å²) < 4.78 is 11.4. The summed E-state index contributed by atoms with van der Waals surface area (Å²) in [5.41, 5.74) is 3.09. The lowest BCUT2D eigenvalue weighted by atomic mass is 9.85. The minimum absolute atomic E-state index is 0.0408. The average molecular weight is 652 g/mol. The van der Waals surface area contributed by atoms with Crippen LogP contribution in [0.5, 0.6) is 11.5 Å². The van der Waals surface area contributed by atoms with Gasteiger partial charge in [0.15, 0.2) is 15.8 Å². The lowest BCUT2D eigenvalue weighted by molar-refractivity contribution is -0.132. The number of carbonyl (C=O) groups excluding carboxylic acids is 2. The van der Waals surface area contributed by atoms with E-state index in [1.54, 1.807) is 18.2 Å². The number of thioether (sulfide) groups is 1. The molecular formula is C36H33N3O5S2. The van der Waals surface area contributed by atoms with Gasteiger partial charge in [-0.3, -0.25) is 14.5 Å². The molecule has 1 saturated heterocycles.